The number of nitrogens with zero attached hydrogens (tertiary/aromatic N) is 2. The van der Waals surface area contributed by atoms with E-state index in [1.165, 1.54) is 11.1 Å². The lowest BCUT2D eigenvalue weighted by atomic mass is 10.00. The molecule has 1 aromatic heterocycles. The normalized spacial score (nSPS) is 19.5. The summed E-state index contributed by atoms with van der Waals surface area (Å²) in [5, 5.41) is 2.94. The van der Waals surface area contributed by atoms with Gasteiger partial charge in [-0.2, -0.15) is 0 Å². The zero-order valence-electron chi connectivity index (χ0n) is 14.3. The van der Waals surface area contributed by atoms with Crippen molar-refractivity contribution in [3.63, 3.8) is 0 Å². The van der Waals surface area contributed by atoms with E-state index >= 15 is 0 Å². The van der Waals surface area contributed by atoms with Crippen molar-refractivity contribution in [2.24, 2.45) is 0 Å². The van der Waals surface area contributed by atoms with Crippen LogP contribution in [0.15, 0.2) is 42.5 Å². The molecule has 0 saturated carbocycles. The summed E-state index contributed by atoms with van der Waals surface area (Å²) in [7, 11) is 0. The lowest BCUT2D eigenvalue weighted by Crippen LogP contribution is -2.34. The van der Waals surface area contributed by atoms with Crippen molar-refractivity contribution in [1.82, 2.24) is 10.3 Å². The summed E-state index contributed by atoms with van der Waals surface area (Å²) >= 11 is 0. The second kappa shape index (κ2) is 7.23. The van der Waals surface area contributed by atoms with Gasteiger partial charge in [-0.25, -0.2) is 4.98 Å². The SMILES string of the molecule is O=C(NCC1CCCO1)c1cccc(N2CCc3ccccc3C2)n1. The molecular formula is C20H23N3O2. The van der Waals surface area contributed by atoms with Gasteiger partial charge in [0, 0.05) is 26.2 Å². The fourth-order valence-electron chi connectivity index (χ4n) is 3.52. The number of carbonyl (C=O) groups excluding carboxylic acids is 1. The number of rotatable bonds is 4. The third-order valence-corrected chi connectivity index (χ3v) is 4.94. The molecule has 0 bridgehead atoms. The van der Waals surface area contributed by atoms with E-state index in [0.717, 1.165) is 44.8 Å². The molecule has 130 valence electrons. The topological polar surface area (TPSA) is 54.5 Å². The first-order valence-electron chi connectivity index (χ1n) is 8.98. The minimum Gasteiger partial charge on any atom is -0.376 e. The lowest BCUT2D eigenvalue weighted by Gasteiger charge is -2.30. The Hall–Kier alpha value is -2.40. The number of ether oxygens (including phenoxy) is 1. The van der Waals surface area contributed by atoms with E-state index in [1.54, 1.807) is 6.07 Å². The van der Waals surface area contributed by atoms with Gasteiger partial charge in [0.2, 0.25) is 0 Å². The molecule has 1 unspecified atom stereocenters. The van der Waals surface area contributed by atoms with Gasteiger partial charge in [-0.05, 0) is 42.5 Å². The number of carbonyl (C=O) groups is 1. The number of nitrogens with one attached hydrogen (secondary N) is 1. The first-order chi connectivity index (χ1) is 12.3. The number of amides is 1. The van der Waals surface area contributed by atoms with Crippen LogP contribution in [-0.4, -0.2) is 36.7 Å². The van der Waals surface area contributed by atoms with Crippen LogP contribution < -0.4 is 10.2 Å². The van der Waals surface area contributed by atoms with Crippen molar-refractivity contribution in [3.8, 4) is 0 Å². The van der Waals surface area contributed by atoms with E-state index in [0.29, 0.717) is 12.2 Å². The maximum absolute atomic E-state index is 12.4. The van der Waals surface area contributed by atoms with Gasteiger partial charge in [-0.3, -0.25) is 4.79 Å². The number of hydrogen-bond acceptors (Lipinski definition) is 4. The van der Waals surface area contributed by atoms with Crippen LogP contribution in [0.4, 0.5) is 5.82 Å². The molecule has 2 aliphatic heterocycles. The molecule has 3 heterocycles. The van der Waals surface area contributed by atoms with Gasteiger partial charge >= 0.3 is 0 Å². The largest absolute Gasteiger partial charge is 0.376 e. The monoisotopic (exact) mass is 337 g/mol. The molecule has 25 heavy (non-hydrogen) atoms. The first-order valence-corrected chi connectivity index (χ1v) is 8.98. The number of anilines is 1. The Bertz CT molecular complexity index is 756. The molecule has 0 radical (unpaired) electrons. The molecule has 1 saturated heterocycles. The number of pyridine rings is 1. The van der Waals surface area contributed by atoms with Crippen LogP contribution in [-0.2, 0) is 17.7 Å². The number of hydrogen-bond donors (Lipinski definition) is 1. The zero-order chi connectivity index (χ0) is 17.1. The molecular weight excluding hydrogens is 314 g/mol. The Kier molecular flexibility index (Phi) is 4.65. The Labute approximate surface area is 148 Å². The Balaban J connectivity index is 1.43. The molecule has 5 heteroatoms. The first kappa shape index (κ1) is 16.1. The molecule has 4 rings (SSSR count). The lowest BCUT2D eigenvalue weighted by molar-refractivity contribution is 0.0854. The zero-order valence-corrected chi connectivity index (χ0v) is 14.3. The van der Waals surface area contributed by atoms with Crippen molar-refractivity contribution in [1.29, 1.82) is 0 Å². The quantitative estimate of drug-likeness (QED) is 0.932. The molecule has 2 aliphatic rings. The summed E-state index contributed by atoms with van der Waals surface area (Å²) in [5.74, 6) is 0.731. The van der Waals surface area contributed by atoms with Crippen LogP contribution in [0.25, 0.3) is 0 Å². The average molecular weight is 337 g/mol. The molecule has 1 fully saturated rings. The average Bonchev–Trinajstić information content (AvgIpc) is 3.19. The van der Waals surface area contributed by atoms with Crippen molar-refractivity contribution < 1.29 is 9.53 Å². The Morgan fingerprint density at radius 1 is 1.20 bits per heavy atom. The van der Waals surface area contributed by atoms with Crippen LogP contribution in [0.3, 0.4) is 0 Å². The minimum absolute atomic E-state index is 0.130. The van der Waals surface area contributed by atoms with Crippen molar-refractivity contribution >= 4 is 11.7 Å². The summed E-state index contributed by atoms with van der Waals surface area (Å²) in [4.78, 5) is 19.2. The molecule has 1 aromatic carbocycles. The molecule has 1 atom stereocenters. The predicted octanol–water partition coefficient (Wildman–Crippen LogP) is 2.55. The van der Waals surface area contributed by atoms with Crippen LogP contribution in [0.5, 0.6) is 0 Å². The third kappa shape index (κ3) is 3.66. The molecule has 0 spiro atoms. The number of aromatic nitrogens is 1. The van der Waals surface area contributed by atoms with Crippen LogP contribution in [0.1, 0.15) is 34.5 Å². The highest BCUT2D eigenvalue weighted by Gasteiger charge is 2.19. The van der Waals surface area contributed by atoms with Crippen LogP contribution in [0.2, 0.25) is 0 Å². The molecule has 5 nitrogen and oxygen atoms in total. The highest BCUT2D eigenvalue weighted by Crippen LogP contribution is 2.23. The van der Waals surface area contributed by atoms with Crippen LogP contribution >= 0.6 is 0 Å². The van der Waals surface area contributed by atoms with Gasteiger partial charge in [0.25, 0.3) is 5.91 Å². The van der Waals surface area contributed by atoms with E-state index in [1.807, 2.05) is 12.1 Å². The summed E-state index contributed by atoms with van der Waals surface area (Å²) in [5.41, 5.74) is 3.21. The van der Waals surface area contributed by atoms with E-state index in [-0.39, 0.29) is 12.0 Å². The van der Waals surface area contributed by atoms with Crippen molar-refractivity contribution in [2.75, 3.05) is 24.6 Å². The molecule has 1 N–H and O–H groups in total. The van der Waals surface area contributed by atoms with E-state index in [9.17, 15) is 4.79 Å². The Morgan fingerprint density at radius 3 is 2.92 bits per heavy atom. The summed E-state index contributed by atoms with van der Waals surface area (Å²) in [6.07, 6.45) is 3.24. The van der Waals surface area contributed by atoms with Crippen LogP contribution in [0, 0.1) is 0 Å². The van der Waals surface area contributed by atoms with Gasteiger partial charge in [0.15, 0.2) is 0 Å². The second-order valence-electron chi connectivity index (χ2n) is 6.67. The maximum Gasteiger partial charge on any atom is 0.270 e. The van der Waals surface area contributed by atoms with Gasteiger partial charge in [-0.1, -0.05) is 30.3 Å². The predicted molar refractivity (Wildman–Crippen MR) is 96.7 cm³/mol. The fourth-order valence-corrected chi connectivity index (χ4v) is 3.52. The minimum atomic E-state index is -0.130. The fraction of sp³-hybridized carbons (Fsp3) is 0.400. The van der Waals surface area contributed by atoms with Gasteiger partial charge < -0.3 is 15.0 Å². The highest BCUT2D eigenvalue weighted by atomic mass is 16.5. The Morgan fingerprint density at radius 2 is 2.08 bits per heavy atom. The van der Waals surface area contributed by atoms with Crippen molar-refractivity contribution in [2.45, 2.75) is 31.9 Å². The van der Waals surface area contributed by atoms with Gasteiger partial charge in [0.05, 0.1) is 6.10 Å². The molecule has 0 aliphatic carbocycles. The second-order valence-corrected chi connectivity index (χ2v) is 6.67. The summed E-state index contributed by atoms with van der Waals surface area (Å²) < 4.78 is 5.55. The highest BCUT2D eigenvalue weighted by molar-refractivity contribution is 5.92. The third-order valence-electron chi connectivity index (χ3n) is 4.94. The van der Waals surface area contributed by atoms with Gasteiger partial charge in [-0.15, -0.1) is 0 Å². The summed E-state index contributed by atoms with van der Waals surface area (Å²) in [6, 6.07) is 14.2. The smallest absolute Gasteiger partial charge is 0.270 e. The molecule has 2 aromatic rings. The van der Waals surface area contributed by atoms with E-state index in [2.05, 4.69) is 39.5 Å². The standard InChI is InChI=1S/C20H23N3O2/c24-20(21-13-17-7-4-12-25-17)18-8-3-9-19(22-18)23-11-10-15-5-1-2-6-16(15)14-23/h1-3,5-6,8-9,17H,4,7,10-14H2,(H,21,24). The molecule has 1 amide bonds. The van der Waals surface area contributed by atoms with E-state index < -0.39 is 0 Å². The number of benzene rings is 1. The summed E-state index contributed by atoms with van der Waals surface area (Å²) in [6.45, 7) is 3.11. The van der Waals surface area contributed by atoms with Gasteiger partial charge in [0.1, 0.15) is 11.5 Å². The van der Waals surface area contributed by atoms with E-state index in [4.69, 9.17) is 4.74 Å². The number of fused-ring (bicyclic) bond motifs is 1. The van der Waals surface area contributed by atoms with Crippen molar-refractivity contribution in [3.05, 3.63) is 59.3 Å². The maximum atomic E-state index is 12.4.